The second kappa shape index (κ2) is 5.14. The second-order valence-corrected chi connectivity index (χ2v) is 6.05. The topological polar surface area (TPSA) is 15.3 Å². The van der Waals surface area contributed by atoms with Crippen LogP contribution in [0, 0.1) is 5.41 Å². The fraction of sp³-hybridized carbons (Fsp3) is 1.00. The predicted octanol–water partition coefficient (Wildman–Crippen LogP) is 2.65. The van der Waals surface area contributed by atoms with Gasteiger partial charge in [-0.25, -0.2) is 0 Å². The van der Waals surface area contributed by atoms with E-state index in [-0.39, 0.29) is 24.0 Å². The summed E-state index contributed by atoms with van der Waals surface area (Å²) < 4.78 is 36.9. The van der Waals surface area contributed by atoms with Crippen LogP contribution in [0.2, 0.25) is 0 Å². The highest BCUT2D eigenvalue weighted by Crippen LogP contribution is 2.28. The van der Waals surface area contributed by atoms with Crippen LogP contribution in [0.3, 0.4) is 0 Å². The summed E-state index contributed by atoms with van der Waals surface area (Å²) in [5.74, 6) is 0. The Bertz CT molecular complexity index is 245. The van der Waals surface area contributed by atoms with Crippen LogP contribution >= 0.6 is 0 Å². The van der Waals surface area contributed by atoms with Gasteiger partial charge in [-0.3, -0.25) is 4.90 Å². The van der Waals surface area contributed by atoms with E-state index in [0.717, 1.165) is 6.54 Å². The zero-order valence-corrected chi connectivity index (χ0v) is 11.1. The van der Waals surface area contributed by atoms with Crippen LogP contribution in [-0.4, -0.2) is 42.8 Å². The highest BCUT2D eigenvalue weighted by atomic mass is 19.4. The number of alkyl halides is 3. The van der Waals surface area contributed by atoms with Crippen LogP contribution in [0.15, 0.2) is 0 Å². The first-order chi connectivity index (χ1) is 7.59. The van der Waals surface area contributed by atoms with Gasteiger partial charge in [0, 0.05) is 31.7 Å². The number of nitrogens with one attached hydrogen (secondary N) is 1. The van der Waals surface area contributed by atoms with Gasteiger partial charge in [-0.1, -0.05) is 20.8 Å². The molecule has 17 heavy (non-hydrogen) atoms. The van der Waals surface area contributed by atoms with Crippen LogP contribution in [0.5, 0.6) is 0 Å². The number of hydrogen-bond acceptors (Lipinski definition) is 2. The van der Waals surface area contributed by atoms with E-state index in [2.05, 4.69) is 26.1 Å². The molecule has 102 valence electrons. The first-order valence-corrected chi connectivity index (χ1v) is 6.14. The van der Waals surface area contributed by atoms with Crippen LogP contribution < -0.4 is 5.32 Å². The van der Waals surface area contributed by atoms with Gasteiger partial charge in [0.05, 0.1) is 6.42 Å². The summed E-state index contributed by atoms with van der Waals surface area (Å²) in [7, 11) is 0. The van der Waals surface area contributed by atoms with Gasteiger partial charge in [0.2, 0.25) is 0 Å². The Morgan fingerprint density at radius 1 is 1.24 bits per heavy atom. The summed E-state index contributed by atoms with van der Waals surface area (Å²) in [6.45, 7) is 9.82. The molecule has 0 bridgehead atoms. The van der Waals surface area contributed by atoms with Gasteiger partial charge >= 0.3 is 6.18 Å². The van der Waals surface area contributed by atoms with Crippen LogP contribution in [0.25, 0.3) is 0 Å². The summed E-state index contributed by atoms with van der Waals surface area (Å²) >= 11 is 0. The lowest BCUT2D eigenvalue weighted by Gasteiger charge is -2.46. The van der Waals surface area contributed by atoms with Gasteiger partial charge in [0.15, 0.2) is 0 Å². The summed E-state index contributed by atoms with van der Waals surface area (Å²) in [5.41, 5.74) is -0.00125. The minimum absolute atomic E-state index is 0.00125. The molecule has 1 fully saturated rings. The molecule has 0 radical (unpaired) electrons. The Labute approximate surface area is 102 Å². The fourth-order valence-corrected chi connectivity index (χ4v) is 2.36. The lowest BCUT2D eigenvalue weighted by atomic mass is 9.84. The first-order valence-electron chi connectivity index (χ1n) is 6.14. The summed E-state index contributed by atoms with van der Waals surface area (Å²) in [5, 5.41) is 3.34. The molecule has 1 N–H and O–H groups in total. The Hall–Kier alpha value is -0.290. The molecule has 1 rings (SSSR count). The maximum atomic E-state index is 12.3. The molecule has 0 aromatic carbocycles. The summed E-state index contributed by atoms with van der Waals surface area (Å²) in [4.78, 5) is 1.98. The number of hydrogen-bond donors (Lipinski definition) is 1. The second-order valence-electron chi connectivity index (χ2n) is 6.05. The van der Waals surface area contributed by atoms with E-state index in [1.54, 1.807) is 0 Å². The van der Waals surface area contributed by atoms with Crippen molar-refractivity contribution in [1.82, 2.24) is 10.2 Å². The summed E-state index contributed by atoms with van der Waals surface area (Å²) in [6, 6.07) is 0.433. The molecule has 0 saturated carbocycles. The number of halogens is 3. The van der Waals surface area contributed by atoms with E-state index in [1.165, 1.54) is 0 Å². The van der Waals surface area contributed by atoms with Gasteiger partial charge < -0.3 is 5.32 Å². The number of rotatable bonds is 2. The van der Waals surface area contributed by atoms with Crippen molar-refractivity contribution in [3.63, 3.8) is 0 Å². The van der Waals surface area contributed by atoms with Crippen LogP contribution in [-0.2, 0) is 0 Å². The normalized spacial score (nSPS) is 28.4. The Morgan fingerprint density at radius 3 is 2.29 bits per heavy atom. The maximum Gasteiger partial charge on any atom is 0.390 e. The highest BCUT2D eigenvalue weighted by molar-refractivity contribution is 4.91. The molecular formula is C12H23F3N2. The third-order valence-corrected chi connectivity index (χ3v) is 3.29. The van der Waals surface area contributed by atoms with Crippen molar-refractivity contribution in [3.8, 4) is 0 Å². The molecule has 0 spiro atoms. The number of nitrogens with zero attached hydrogens (tertiary/aromatic N) is 1. The van der Waals surface area contributed by atoms with E-state index >= 15 is 0 Å². The third kappa shape index (κ3) is 4.84. The molecule has 1 aliphatic heterocycles. The monoisotopic (exact) mass is 252 g/mol. The molecule has 1 saturated heterocycles. The molecule has 1 heterocycles. The smallest absolute Gasteiger partial charge is 0.311 e. The molecule has 5 heteroatoms. The van der Waals surface area contributed by atoms with E-state index in [4.69, 9.17) is 0 Å². The van der Waals surface area contributed by atoms with Gasteiger partial charge in [0.25, 0.3) is 0 Å². The quantitative estimate of drug-likeness (QED) is 0.812. The molecule has 0 aliphatic carbocycles. The van der Waals surface area contributed by atoms with Crippen LogP contribution in [0.4, 0.5) is 13.2 Å². The lowest BCUT2D eigenvalue weighted by Crippen LogP contribution is -2.60. The van der Waals surface area contributed by atoms with Crippen molar-refractivity contribution >= 4 is 0 Å². The SMILES string of the molecule is CC1CN(CCC(F)(F)F)C(C(C)(C)C)CN1. The Morgan fingerprint density at radius 2 is 1.82 bits per heavy atom. The highest BCUT2D eigenvalue weighted by Gasteiger charge is 2.36. The maximum absolute atomic E-state index is 12.3. The van der Waals surface area contributed by atoms with Crippen molar-refractivity contribution in [1.29, 1.82) is 0 Å². The Balaban J connectivity index is 2.62. The minimum Gasteiger partial charge on any atom is -0.311 e. The largest absolute Gasteiger partial charge is 0.390 e. The summed E-state index contributed by atoms with van der Waals surface area (Å²) in [6.07, 6.45) is -4.77. The third-order valence-electron chi connectivity index (χ3n) is 3.29. The number of piperazine rings is 1. The average Bonchev–Trinajstić information content (AvgIpc) is 2.11. The van der Waals surface area contributed by atoms with Gasteiger partial charge in [-0.15, -0.1) is 0 Å². The molecule has 2 atom stereocenters. The molecular weight excluding hydrogens is 229 g/mol. The lowest BCUT2D eigenvalue weighted by molar-refractivity contribution is -0.141. The molecule has 2 unspecified atom stereocenters. The van der Waals surface area contributed by atoms with Gasteiger partial charge in [0.1, 0.15) is 0 Å². The molecule has 0 aromatic heterocycles. The molecule has 0 aromatic rings. The zero-order chi connectivity index (χ0) is 13.3. The first kappa shape index (κ1) is 14.8. The standard InChI is InChI=1S/C12H23F3N2/c1-9-8-17(6-5-12(13,14)15)10(7-16-9)11(2,3)4/h9-10,16H,5-8H2,1-4H3. The van der Waals surface area contributed by atoms with Crippen molar-refractivity contribution in [2.24, 2.45) is 5.41 Å². The van der Waals surface area contributed by atoms with E-state index < -0.39 is 12.6 Å². The van der Waals surface area contributed by atoms with Gasteiger partial charge in [-0.05, 0) is 12.3 Å². The van der Waals surface area contributed by atoms with Crippen molar-refractivity contribution in [3.05, 3.63) is 0 Å². The predicted molar refractivity (Wildman–Crippen MR) is 63.0 cm³/mol. The van der Waals surface area contributed by atoms with Crippen molar-refractivity contribution in [2.75, 3.05) is 19.6 Å². The van der Waals surface area contributed by atoms with Crippen molar-refractivity contribution < 1.29 is 13.2 Å². The van der Waals surface area contributed by atoms with E-state index in [9.17, 15) is 13.2 Å². The van der Waals surface area contributed by atoms with E-state index in [1.807, 2.05) is 11.8 Å². The average molecular weight is 252 g/mol. The zero-order valence-electron chi connectivity index (χ0n) is 11.1. The molecule has 1 aliphatic rings. The van der Waals surface area contributed by atoms with Crippen molar-refractivity contribution in [2.45, 2.75) is 52.4 Å². The fourth-order valence-electron chi connectivity index (χ4n) is 2.36. The molecule has 0 amide bonds. The Kier molecular flexibility index (Phi) is 4.47. The van der Waals surface area contributed by atoms with Gasteiger partial charge in [-0.2, -0.15) is 13.2 Å². The molecule has 2 nitrogen and oxygen atoms in total. The van der Waals surface area contributed by atoms with E-state index in [0.29, 0.717) is 6.54 Å². The minimum atomic E-state index is -4.06. The van der Waals surface area contributed by atoms with Crippen LogP contribution in [0.1, 0.15) is 34.1 Å².